The molecule has 0 fully saturated rings. The highest BCUT2D eigenvalue weighted by atomic mass is 16.3. The minimum atomic E-state index is -0.0889. The van der Waals surface area contributed by atoms with Crippen molar-refractivity contribution in [3.63, 3.8) is 0 Å². The van der Waals surface area contributed by atoms with Crippen molar-refractivity contribution >= 4 is 17.6 Å². The number of furan rings is 1. The van der Waals surface area contributed by atoms with E-state index in [9.17, 15) is 4.79 Å². The molecule has 1 aromatic carbocycles. The molecule has 0 unspecified atom stereocenters. The van der Waals surface area contributed by atoms with E-state index in [0.29, 0.717) is 17.2 Å². The van der Waals surface area contributed by atoms with E-state index >= 15 is 0 Å². The van der Waals surface area contributed by atoms with Gasteiger partial charge in [-0.1, -0.05) is 30.3 Å². The first-order valence-corrected chi connectivity index (χ1v) is 5.91. The number of carbonyl (C=O) groups excluding carboxylic acids is 1. The third kappa shape index (κ3) is 2.42. The second-order valence-corrected chi connectivity index (χ2v) is 4.12. The van der Waals surface area contributed by atoms with Gasteiger partial charge < -0.3 is 4.42 Å². The maximum absolute atomic E-state index is 12.0. The van der Waals surface area contributed by atoms with E-state index in [1.54, 1.807) is 24.5 Å². The second kappa shape index (κ2) is 4.86. The maximum atomic E-state index is 12.0. The number of nitrogens with one attached hydrogen (secondary N) is 2. The minimum Gasteiger partial charge on any atom is -0.463 e. The Hall–Kier alpha value is -2.75. The van der Waals surface area contributed by atoms with Crippen molar-refractivity contribution in [2.45, 2.75) is 0 Å². The Morgan fingerprint density at radius 2 is 1.84 bits per heavy atom. The molecule has 4 heteroatoms. The van der Waals surface area contributed by atoms with Gasteiger partial charge in [0.2, 0.25) is 5.78 Å². The number of allylic oxidation sites excluding steroid dienone is 1. The van der Waals surface area contributed by atoms with Crippen LogP contribution in [0.3, 0.4) is 0 Å². The molecule has 0 spiro atoms. The molecule has 1 aromatic heterocycles. The monoisotopic (exact) mass is 252 g/mol. The lowest BCUT2D eigenvalue weighted by Gasteiger charge is -2.18. The van der Waals surface area contributed by atoms with Gasteiger partial charge in [-0.05, 0) is 23.8 Å². The topological polar surface area (TPSA) is 54.3 Å². The number of benzene rings is 1. The van der Waals surface area contributed by atoms with Crippen LogP contribution in [-0.2, 0) is 4.79 Å². The fourth-order valence-electron chi connectivity index (χ4n) is 1.83. The van der Waals surface area contributed by atoms with Crippen molar-refractivity contribution in [1.29, 1.82) is 0 Å². The van der Waals surface area contributed by atoms with Crippen LogP contribution in [0.25, 0.3) is 11.8 Å². The summed E-state index contributed by atoms with van der Waals surface area (Å²) in [5, 5.41) is 0. The van der Waals surface area contributed by atoms with Gasteiger partial charge >= 0.3 is 0 Å². The van der Waals surface area contributed by atoms with Crippen LogP contribution >= 0.6 is 0 Å². The fraction of sp³-hybridized carbons (Fsp3) is 0. The largest absolute Gasteiger partial charge is 0.463 e. The first-order chi connectivity index (χ1) is 9.33. The van der Waals surface area contributed by atoms with E-state index in [0.717, 1.165) is 5.56 Å². The molecular formula is C15H12N2O2. The molecule has 3 rings (SSSR count). The van der Waals surface area contributed by atoms with Gasteiger partial charge in [0.05, 0.1) is 6.26 Å². The van der Waals surface area contributed by atoms with E-state index in [2.05, 4.69) is 10.9 Å². The predicted molar refractivity (Wildman–Crippen MR) is 72.4 cm³/mol. The molecule has 0 radical (unpaired) electrons. The van der Waals surface area contributed by atoms with Crippen LogP contribution in [0.5, 0.6) is 0 Å². The zero-order valence-electron chi connectivity index (χ0n) is 10.1. The van der Waals surface area contributed by atoms with Crippen molar-refractivity contribution in [2.24, 2.45) is 0 Å². The van der Waals surface area contributed by atoms with Crippen LogP contribution in [0, 0.1) is 0 Å². The predicted octanol–water partition coefficient (Wildman–Crippen LogP) is 2.34. The normalized spacial score (nSPS) is 16.7. The summed E-state index contributed by atoms with van der Waals surface area (Å²) in [5.41, 5.74) is 7.93. The van der Waals surface area contributed by atoms with E-state index in [4.69, 9.17) is 4.42 Å². The molecule has 0 atom stereocenters. The Kier molecular flexibility index (Phi) is 2.90. The van der Waals surface area contributed by atoms with Gasteiger partial charge in [0.1, 0.15) is 11.4 Å². The third-order valence-corrected chi connectivity index (χ3v) is 2.77. The Labute approximate surface area is 110 Å². The number of hydrazine groups is 1. The molecular weight excluding hydrogens is 240 g/mol. The molecule has 0 amide bonds. The van der Waals surface area contributed by atoms with Crippen molar-refractivity contribution in [3.8, 4) is 0 Å². The average Bonchev–Trinajstić information content (AvgIpc) is 2.96. The van der Waals surface area contributed by atoms with Crippen LogP contribution < -0.4 is 10.9 Å². The van der Waals surface area contributed by atoms with Gasteiger partial charge in [0.25, 0.3) is 0 Å². The molecule has 0 saturated carbocycles. The molecule has 0 saturated heterocycles. The zero-order chi connectivity index (χ0) is 13.1. The molecule has 0 aliphatic carbocycles. The summed E-state index contributed by atoms with van der Waals surface area (Å²) in [6, 6.07) is 13.2. The van der Waals surface area contributed by atoms with E-state index in [1.807, 2.05) is 30.3 Å². The lowest BCUT2D eigenvalue weighted by molar-refractivity contribution is -0.111. The highest BCUT2D eigenvalue weighted by Crippen LogP contribution is 2.16. The standard InChI is InChI=1S/C15H12N2O2/c18-14-10-13(15-7-4-8-19-15)17-16-12(14)9-11-5-2-1-3-6-11/h1-10,16-17H/b12-9+. The number of carbonyl (C=O) groups is 1. The number of rotatable bonds is 2. The van der Waals surface area contributed by atoms with Crippen molar-refractivity contribution in [2.75, 3.05) is 0 Å². The lowest BCUT2D eigenvalue weighted by atomic mass is 10.1. The summed E-state index contributed by atoms with van der Waals surface area (Å²) in [6.07, 6.45) is 4.88. The lowest BCUT2D eigenvalue weighted by Crippen LogP contribution is -2.36. The molecule has 1 aliphatic heterocycles. The highest BCUT2D eigenvalue weighted by molar-refractivity contribution is 6.11. The molecule has 4 nitrogen and oxygen atoms in total. The van der Waals surface area contributed by atoms with Crippen LogP contribution in [0.4, 0.5) is 0 Å². The van der Waals surface area contributed by atoms with Crippen molar-refractivity contribution in [3.05, 3.63) is 71.8 Å². The van der Waals surface area contributed by atoms with E-state index < -0.39 is 0 Å². The maximum Gasteiger partial charge on any atom is 0.205 e. The van der Waals surface area contributed by atoms with Crippen LogP contribution in [-0.4, -0.2) is 5.78 Å². The quantitative estimate of drug-likeness (QED) is 0.805. The summed E-state index contributed by atoms with van der Waals surface area (Å²) < 4.78 is 5.23. The fourth-order valence-corrected chi connectivity index (χ4v) is 1.83. The number of hydrogen-bond acceptors (Lipinski definition) is 4. The van der Waals surface area contributed by atoms with Gasteiger partial charge in [0, 0.05) is 6.08 Å². The Morgan fingerprint density at radius 1 is 1.00 bits per heavy atom. The first kappa shape index (κ1) is 11.3. The third-order valence-electron chi connectivity index (χ3n) is 2.77. The summed E-state index contributed by atoms with van der Waals surface area (Å²) in [7, 11) is 0. The zero-order valence-corrected chi connectivity index (χ0v) is 10.1. The van der Waals surface area contributed by atoms with E-state index in [-0.39, 0.29) is 5.78 Å². The molecule has 2 aromatic rings. The summed E-state index contributed by atoms with van der Waals surface area (Å²) in [6.45, 7) is 0. The molecule has 19 heavy (non-hydrogen) atoms. The van der Waals surface area contributed by atoms with E-state index in [1.165, 1.54) is 6.08 Å². The van der Waals surface area contributed by atoms with Crippen molar-refractivity contribution < 1.29 is 9.21 Å². The number of ketones is 1. The molecule has 1 aliphatic rings. The first-order valence-electron chi connectivity index (χ1n) is 5.91. The highest BCUT2D eigenvalue weighted by Gasteiger charge is 2.16. The van der Waals surface area contributed by atoms with Gasteiger partial charge in [0.15, 0.2) is 5.76 Å². The molecule has 0 bridgehead atoms. The van der Waals surface area contributed by atoms with Gasteiger partial charge in [-0.2, -0.15) is 0 Å². The van der Waals surface area contributed by atoms with Crippen molar-refractivity contribution in [1.82, 2.24) is 10.9 Å². The van der Waals surface area contributed by atoms with Gasteiger partial charge in [-0.3, -0.25) is 15.6 Å². The average molecular weight is 252 g/mol. The smallest absolute Gasteiger partial charge is 0.205 e. The molecule has 94 valence electrons. The van der Waals surface area contributed by atoms with Crippen LogP contribution in [0.1, 0.15) is 11.3 Å². The minimum absolute atomic E-state index is 0.0889. The Bertz CT molecular complexity index is 640. The summed E-state index contributed by atoms with van der Waals surface area (Å²) in [4.78, 5) is 12.0. The molecule has 2 heterocycles. The van der Waals surface area contributed by atoms with Gasteiger partial charge in [-0.15, -0.1) is 0 Å². The summed E-state index contributed by atoms with van der Waals surface area (Å²) in [5.74, 6) is 0.536. The van der Waals surface area contributed by atoms with Crippen LogP contribution in [0.2, 0.25) is 0 Å². The SMILES string of the molecule is O=C1C=C(c2ccco2)NN/C1=C/c1ccccc1. The van der Waals surface area contributed by atoms with Gasteiger partial charge in [-0.25, -0.2) is 0 Å². The number of hydrogen-bond donors (Lipinski definition) is 2. The summed E-state index contributed by atoms with van der Waals surface area (Å²) >= 11 is 0. The second-order valence-electron chi connectivity index (χ2n) is 4.12. The Balaban J connectivity index is 1.86. The Morgan fingerprint density at radius 3 is 2.53 bits per heavy atom. The van der Waals surface area contributed by atoms with Crippen LogP contribution in [0.15, 0.2) is 64.9 Å². The molecule has 2 N–H and O–H groups in total.